The Kier molecular flexibility index (Phi) is 6.64. The lowest BCUT2D eigenvalue weighted by molar-refractivity contribution is 1.23. The van der Waals surface area contributed by atoms with Gasteiger partial charge in [-0.15, -0.1) is 0 Å². The molecule has 3 heteroatoms. The number of hydrogen-bond donors (Lipinski definition) is 0. The number of aromatic nitrogens is 1. The van der Waals surface area contributed by atoms with Crippen LogP contribution < -0.4 is 9.80 Å². The van der Waals surface area contributed by atoms with Crippen LogP contribution in [0.2, 0.25) is 0 Å². The summed E-state index contributed by atoms with van der Waals surface area (Å²) in [6.07, 6.45) is 3.85. The number of hydrogen-bond acceptors (Lipinski definition) is 3. The fraction of sp³-hybridized carbons (Fsp3) is 0. The topological polar surface area (TPSA) is 19.4 Å². The van der Waals surface area contributed by atoms with Crippen LogP contribution in [0.3, 0.4) is 0 Å². The van der Waals surface area contributed by atoms with Gasteiger partial charge in [-0.05, 0) is 72.3 Å². The Morgan fingerprint density at radius 3 is 1.11 bits per heavy atom. The number of pyridine rings is 1. The van der Waals surface area contributed by atoms with Crippen LogP contribution in [-0.2, 0) is 0 Å². The van der Waals surface area contributed by atoms with E-state index >= 15 is 0 Å². The van der Waals surface area contributed by atoms with Crippen LogP contribution >= 0.6 is 0 Å². The zero-order valence-electron chi connectivity index (χ0n) is 20.9. The zero-order chi connectivity index (χ0) is 25.6. The molecular formula is C35H27N3. The molecule has 38 heavy (non-hydrogen) atoms. The molecule has 6 aromatic rings. The molecule has 0 bridgehead atoms. The molecule has 6 rings (SSSR count). The first-order valence-corrected chi connectivity index (χ1v) is 12.7. The summed E-state index contributed by atoms with van der Waals surface area (Å²) in [6.45, 7) is 0. The normalized spacial score (nSPS) is 10.6. The summed E-state index contributed by atoms with van der Waals surface area (Å²) in [5.74, 6) is 0. The van der Waals surface area contributed by atoms with E-state index in [4.69, 9.17) is 0 Å². The maximum absolute atomic E-state index is 4.63. The summed E-state index contributed by atoms with van der Waals surface area (Å²) in [5.41, 5.74) is 8.73. The summed E-state index contributed by atoms with van der Waals surface area (Å²) in [7, 11) is 0. The Bertz CT molecular complexity index is 1510. The lowest BCUT2D eigenvalue weighted by atomic mass is 10.1. The number of benzene rings is 5. The second-order valence-corrected chi connectivity index (χ2v) is 8.99. The second kappa shape index (κ2) is 10.9. The molecule has 0 radical (unpaired) electrons. The molecule has 0 saturated heterocycles. The summed E-state index contributed by atoms with van der Waals surface area (Å²) in [4.78, 5) is 9.14. The van der Waals surface area contributed by atoms with Gasteiger partial charge in [-0.25, -0.2) is 0 Å². The van der Waals surface area contributed by atoms with Crippen molar-refractivity contribution in [1.29, 1.82) is 0 Å². The van der Waals surface area contributed by atoms with Crippen molar-refractivity contribution < 1.29 is 0 Å². The van der Waals surface area contributed by atoms with E-state index in [1.165, 1.54) is 0 Å². The number of rotatable bonds is 7. The molecular weight excluding hydrogens is 462 g/mol. The Hall–Kier alpha value is -5.15. The predicted molar refractivity (Wildman–Crippen MR) is 159 cm³/mol. The Labute approximate surface area is 223 Å². The molecule has 1 heterocycles. The van der Waals surface area contributed by atoms with Crippen LogP contribution in [0.25, 0.3) is 11.1 Å². The highest BCUT2D eigenvalue weighted by molar-refractivity contribution is 5.81. The van der Waals surface area contributed by atoms with Crippen molar-refractivity contribution in [2.45, 2.75) is 0 Å². The summed E-state index contributed by atoms with van der Waals surface area (Å²) in [6, 6.07) is 52.6. The third-order valence-electron chi connectivity index (χ3n) is 6.50. The average Bonchev–Trinajstić information content (AvgIpc) is 3.00. The lowest BCUT2D eigenvalue weighted by Gasteiger charge is -2.26. The Balaban J connectivity index is 1.37. The van der Waals surface area contributed by atoms with Gasteiger partial charge in [0, 0.05) is 40.2 Å². The van der Waals surface area contributed by atoms with E-state index in [2.05, 4.69) is 142 Å². The number of nitrogens with zero attached hydrogens (tertiary/aromatic N) is 3. The molecule has 0 atom stereocenters. The molecule has 182 valence electrons. The van der Waals surface area contributed by atoms with Crippen molar-refractivity contribution in [2.24, 2.45) is 0 Å². The van der Waals surface area contributed by atoms with Gasteiger partial charge in [0.05, 0.1) is 11.9 Å². The van der Waals surface area contributed by atoms with Crippen LogP contribution in [0.4, 0.5) is 34.1 Å². The standard InChI is InChI=1S/C35H27N3/c1-5-13-30(14-6-1)37(31-15-7-2-8-16-31)34-23-21-28(22-24-34)29-25-35(27-36-26-29)38(32-17-9-3-10-18-32)33-19-11-4-12-20-33/h1-27H. The van der Waals surface area contributed by atoms with Crippen molar-refractivity contribution in [2.75, 3.05) is 9.80 Å². The molecule has 0 amide bonds. The van der Waals surface area contributed by atoms with Crippen molar-refractivity contribution in [3.8, 4) is 11.1 Å². The van der Waals surface area contributed by atoms with Crippen LogP contribution in [0.1, 0.15) is 0 Å². The van der Waals surface area contributed by atoms with E-state index in [0.717, 1.165) is 45.3 Å². The van der Waals surface area contributed by atoms with Crippen molar-refractivity contribution in [3.05, 3.63) is 164 Å². The quantitative estimate of drug-likeness (QED) is 0.222. The minimum Gasteiger partial charge on any atom is -0.311 e. The van der Waals surface area contributed by atoms with E-state index in [0.29, 0.717) is 0 Å². The van der Waals surface area contributed by atoms with Crippen molar-refractivity contribution in [3.63, 3.8) is 0 Å². The molecule has 0 saturated carbocycles. The molecule has 5 aromatic carbocycles. The third-order valence-corrected chi connectivity index (χ3v) is 6.50. The van der Waals surface area contributed by atoms with Crippen LogP contribution in [0.15, 0.2) is 164 Å². The van der Waals surface area contributed by atoms with Crippen LogP contribution in [0.5, 0.6) is 0 Å². The van der Waals surface area contributed by atoms with Gasteiger partial charge in [0.15, 0.2) is 0 Å². The van der Waals surface area contributed by atoms with Gasteiger partial charge in [-0.3, -0.25) is 4.98 Å². The number of para-hydroxylation sites is 4. The van der Waals surface area contributed by atoms with Gasteiger partial charge in [-0.2, -0.15) is 0 Å². The fourth-order valence-corrected chi connectivity index (χ4v) is 4.71. The summed E-state index contributed by atoms with van der Waals surface area (Å²) >= 11 is 0. The van der Waals surface area contributed by atoms with E-state index in [1.54, 1.807) is 0 Å². The van der Waals surface area contributed by atoms with Gasteiger partial charge in [0.1, 0.15) is 0 Å². The highest BCUT2D eigenvalue weighted by Gasteiger charge is 2.15. The predicted octanol–water partition coefficient (Wildman–Crippen LogP) is 9.69. The molecule has 0 spiro atoms. The highest BCUT2D eigenvalue weighted by atomic mass is 15.1. The second-order valence-electron chi connectivity index (χ2n) is 8.99. The maximum Gasteiger partial charge on any atom is 0.0651 e. The first-order valence-electron chi connectivity index (χ1n) is 12.7. The van der Waals surface area contributed by atoms with E-state index in [1.807, 2.05) is 36.7 Å². The van der Waals surface area contributed by atoms with E-state index in [9.17, 15) is 0 Å². The van der Waals surface area contributed by atoms with Crippen molar-refractivity contribution >= 4 is 34.1 Å². The van der Waals surface area contributed by atoms with Gasteiger partial charge in [0.25, 0.3) is 0 Å². The summed E-state index contributed by atoms with van der Waals surface area (Å²) < 4.78 is 0. The zero-order valence-corrected chi connectivity index (χ0v) is 20.9. The van der Waals surface area contributed by atoms with Gasteiger partial charge < -0.3 is 9.80 Å². The molecule has 0 aliphatic rings. The molecule has 0 fully saturated rings. The Morgan fingerprint density at radius 1 is 0.316 bits per heavy atom. The third kappa shape index (κ3) is 4.91. The minimum atomic E-state index is 1.01. The van der Waals surface area contributed by atoms with E-state index < -0.39 is 0 Å². The van der Waals surface area contributed by atoms with E-state index in [-0.39, 0.29) is 0 Å². The Morgan fingerprint density at radius 2 is 0.684 bits per heavy atom. The molecule has 0 aliphatic heterocycles. The van der Waals surface area contributed by atoms with Gasteiger partial charge in [-0.1, -0.05) is 84.9 Å². The summed E-state index contributed by atoms with van der Waals surface area (Å²) in [5, 5.41) is 0. The van der Waals surface area contributed by atoms with Gasteiger partial charge >= 0.3 is 0 Å². The van der Waals surface area contributed by atoms with Crippen LogP contribution in [-0.4, -0.2) is 4.98 Å². The highest BCUT2D eigenvalue weighted by Crippen LogP contribution is 2.37. The van der Waals surface area contributed by atoms with Crippen LogP contribution in [0, 0.1) is 0 Å². The van der Waals surface area contributed by atoms with Crippen molar-refractivity contribution in [1.82, 2.24) is 4.98 Å². The molecule has 1 aromatic heterocycles. The lowest BCUT2D eigenvalue weighted by Crippen LogP contribution is -2.10. The van der Waals surface area contributed by atoms with Gasteiger partial charge in [0.2, 0.25) is 0 Å². The average molecular weight is 490 g/mol. The smallest absolute Gasteiger partial charge is 0.0651 e. The molecule has 3 nitrogen and oxygen atoms in total. The maximum atomic E-state index is 4.63. The first-order chi connectivity index (χ1) is 18.9. The largest absolute Gasteiger partial charge is 0.311 e. The molecule has 0 aliphatic carbocycles. The first kappa shape index (κ1) is 23.3. The number of anilines is 6. The minimum absolute atomic E-state index is 1.01. The SMILES string of the molecule is c1ccc(N(c2ccccc2)c2ccc(-c3cncc(N(c4ccccc4)c4ccccc4)c3)cc2)cc1. The molecule has 0 unspecified atom stereocenters. The fourth-order valence-electron chi connectivity index (χ4n) is 4.71. The monoisotopic (exact) mass is 489 g/mol. The molecule has 0 N–H and O–H groups in total.